The molecule has 0 fully saturated rings. The summed E-state index contributed by atoms with van der Waals surface area (Å²) in [6, 6.07) is 0. The van der Waals surface area contributed by atoms with Crippen molar-refractivity contribution in [2.24, 2.45) is 4.99 Å². The number of carbonyl (C=O) groups is 1. The zero-order chi connectivity index (χ0) is 30.2. The van der Waals surface area contributed by atoms with Gasteiger partial charge in [-0.3, -0.25) is 9.79 Å². The summed E-state index contributed by atoms with van der Waals surface area (Å²) in [5.74, 6) is 1.29. The molecule has 0 spiro atoms. The van der Waals surface area contributed by atoms with Crippen molar-refractivity contribution in [3.8, 4) is 0 Å². The lowest BCUT2D eigenvalue weighted by atomic mass is 10.0. The number of nitrogens with zero attached hydrogens (tertiary/aromatic N) is 2. The van der Waals surface area contributed by atoms with Gasteiger partial charge in [0.25, 0.3) is 0 Å². The Morgan fingerprint density at radius 3 is 1.43 bits per heavy atom. The molecule has 0 aromatic rings. The van der Waals surface area contributed by atoms with Crippen molar-refractivity contribution in [1.82, 2.24) is 4.90 Å². The average Bonchev–Trinajstić information content (AvgIpc) is 3.45. The van der Waals surface area contributed by atoms with Crippen LogP contribution in [0.1, 0.15) is 206 Å². The standard InChI is InChI=1S/C38H74N2O2/c1-3-5-7-9-11-13-15-17-19-20-22-24-26-28-31-37-39-33-35-40(37)34-30-36-42-38(41)32-29-27-25-23-21-18-16-14-12-10-8-6-4-2/h3-36H2,1-2H3. The zero-order valence-electron chi connectivity index (χ0n) is 28.8. The van der Waals surface area contributed by atoms with Crippen LogP contribution >= 0.6 is 0 Å². The van der Waals surface area contributed by atoms with E-state index >= 15 is 0 Å². The molecule has 0 N–H and O–H groups in total. The van der Waals surface area contributed by atoms with Crippen LogP contribution in [0.5, 0.6) is 0 Å². The van der Waals surface area contributed by atoms with Gasteiger partial charge in [0.15, 0.2) is 0 Å². The molecule has 1 aliphatic rings. The fraction of sp³-hybridized carbons (Fsp3) is 0.947. The SMILES string of the molecule is CCCCCCCCCCCCCCCCC1=NCCN1CCCOC(=O)CCCCCCCCCCCCCCC. The van der Waals surface area contributed by atoms with E-state index < -0.39 is 0 Å². The fourth-order valence-electron chi connectivity index (χ4n) is 6.29. The van der Waals surface area contributed by atoms with E-state index in [1.165, 1.54) is 173 Å². The first kappa shape index (κ1) is 39.0. The summed E-state index contributed by atoms with van der Waals surface area (Å²) in [6.45, 7) is 8.09. The van der Waals surface area contributed by atoms with Crippen molar-refractivity contribution in [3.05, 3.63) is 0 Å². The molecule has 0 aliphatic carbocycles. The maximum atomic E-state index is 12.1. The first-order valence-corrected chi connectivity index (χ1v) is 19.2. The van der Waals surface area contributed by atoms with Gasteiger partial charge in [-0.05, 0) is 19.3 Å². The Morgan fingerprint density at radius 1 is 0.571 bits per heavy atom. The quantitative estimate of drug-likeness (QED) is 0.0564. The van der Waals surface area contributed by atoms with Crippen LogP contribution in [0.2, 0.25) is 0 Å². The van der Waals surface area contributed by atoms with Crippen molar-refractivity contribution in [2.45, 2.75) is 206 Å². The van der Waals surface area contributed by atoms with Crippen molar-refractivity contribution in [1.29, 1.82) is 0 Å². The van der Waals surface area contributed by atoms with E-state index in [0.29, 0.717) is 13.0 Å². The van der Waals surface area contributed by atoms with E-state index in [-0.39, 0.29) is 5.97 Å². The van der Waals surface area contributed by atoms with E-state index in [2.05, 4.69) is 18.7 Å². The minimum Gasteiger partial charge on any atom is -0.466 e. The molecule has 1 aliphatic heterocycles. The Morgan fingerprint density at radius 2 is 0.976 bits per heavy atom. The van der Waals surface area contributed by atoms with E-state index in [4.69, 9.17) is 9.73 Å². The molecule has 1 heterocycles. The highest BCUT2D eigenvalue weighted by atomic mass is 16.5. The third-order valence-electron chi connectivity index (χ3n) is 9.10. The molecule has 0 saturated carbocycles. The van der Waals surface area contributed by atoms with Gasteiger partial charge in [0, 0.05) is 25.9 Å². The minimum absolute atomic E-state index is 0.00389. The summed E-state index contributed by atoms with van der Waals surface area (Å²) in [5, 5.41) is 0. The number of carbonyl (C=O) groups excluding carboxylic acids is 1. The molecule has 0 aromatic heterocycles. The number of rotatable bonds is 33. The van der Waals surface area contributed by atoms with Gasteiger partial charge < -0.3 is 9.64 Å². The van der Waals surface area contributed by atoms with Gasteiger partial charge in [-0.1, -0.05) is 174 Å². The molecule has 0 unspecified atom stereocenters. The van der Waals surface area contributed by atoms with Gasteiger partial charge >= 0.3 is 5.97 Å². The van der Waals surface area contributed by atoms with Gasteiger partial charge in [-0.25, -0.2) is 0 Å². The maximum absolute atomic E-state index is 12.1. The maximum Gasteiger partial charge on any atom is 0.305 e. The van der Waals surface area contributed by atoms with Crippen molar-refractivity contribution in [2.75, 3.05) is 26.2 Å². The smallest absolute Gasteiger partial charge is 0.305 e. The summed E-state index contributed by atoms with van der Waals surface area (Å²) in [6.07, 6.45) is 39.6. The third kappa shape index (κ3) is 25.4. The zero-order valence-corrected chi connectivity index (χ0v) is 28.8. The molecule has 4 heteroatoms. The number of ether oxygens (including phenoxy) is 1. The second kappa shape index (κ2) is 31.4. The highest BCUT2D eigenvalue weighted by molar-refractivity contribution is 5.83. The van der Waals surface area contributed by atoms with E-state index in [1.807, 2.05) is 0 Å². The van der Waals surface area contributed by atoms with Crippen molar-refractivity contribution in [3.63, 3.8) is 0 Å². The highest BCUT2D eigenvalue weighted by Crippen LogP contribution is 2.16. The molecular formula is C38H74N2O2. The molecule has 0 radical (unpaired) electrons. The van der Waals surface area contributed by atoms with Crippen LogP contribution in [0.4, 0.5) is 0 Å². The Balaban J connectivity index is 1.85. The topological polar surface area (TPSA) is 41.9 Å². The van der Waals surface area contributed by atoms with E-state index in [0.717, 1.165) is 38.9 Å². The monoisotopic (exact) mass is 591 g/mol. The van der Waals surface area contributed by atoms with Gasteiger partial charge in [0.1, 0.15) is 0 Å². The lowest BCUT2D eigenvalue weighted by molar-refractivity contribution is -0.143. The number of unbranched alkanes of at least 4 members (excludes halogenated alkanes) is 25. The first-order valence-electron chi connectivity index (χ1n) is 19.2. The van der Waals surface area contributed by atoms with Gasteiger partial charge in [-0.2, -0.15) is 0 Å². The number of aliphatic imine (C=N–C) groups is 1. The van der Waals surface area contributed by atoms with Crippen molar-refractivity contribution >= 4 is 11.8 Å². The summed E-state index contributed by atoms with van der Waals surface area (Å²) in [5.41, 5.74) is 0. The normalized spacial score (nSPS) is 13.2. The lowest BCUT2D eigenvalue weighted by Gasteiger charge is -2.20. The number of hydrogen-bond donors (Lipinski definition) is 0. The third-order valence-corrected chi connectivity index (χ3v) is 9.10. The van der Waals surface area contributed by atoms with Crippen LogP contribution in [-0.4, -0.2) is 42.9 Å². The van der Waals surface area contributed by atoms with Crippen LogP contribution in [0, 0.1) is 0 Å². The number of esters is 1. The average molecular weight is 591 g/mol. The molecule has 0 atom stereocenters. The largest absolute Gasteiger partial charge is 0.466 e. The van der Waals surface area contributed by atoms with Crippen LogP contribution in [0.25, 0.3) is 0 Å². The second-order valence-corrected chi connectivity index (χ2v) is 13.2. The van der Waals surface area contributed by atoms with Gasteiger partial charge in [0.05, 0.1) is 19.0 Å². The van der Waals surface area contributed by atoms with Crippen LogP contribution in [0.3, 0.4) is 0 Å². The highest BCUT2D eigenvalue weighted by Gasteiger charge is 2.16. The Labute approximate surface area is 263 Å². The molecule has 0 bridgehead atoms. The van der Waals surface area contributed by atoms with Crippen molar-refractivity contribution < 1.29 is 9.53 Å². The van der Waals surface area contributed by atoms with Crippen LogP contribution in [-0.2, 0) is 9.53 Å². The summed E-state index contributed by atoms with van der Waals surface area (Å²) < 4.78 is 5.53. The Hall–Kier alpha value is -1.06. The van der Waals surface area contributed by atoms with Gasteiger partial charge in [0.2, 0.25) is 0 Å². The lowest BCUT2D eigenvalue weighted by Crippen LogP contribution is -2.29. The summed E-state index contributed by atoms with van der Waals surface area (Å²) >= 11 is 0. The minimum atomic E-state index is -0.00389. The van der Waals surface area contributed by atoms with Crippen LogP contribution in [0.15, 0.2) is 4.99 Å². The molecule has 42 heavy (non-hydrogen) atoms. The molecule has 1 rings (SSSR count). The molecule has 0 saturated heterocycles. The number of hydrogen-bond acceptors (Lipinski definition) is 4. The second-order valence-electron chi connectivity index (χ2n) is 13.2. The molecule has 0 amide bonds. The summed E-state index contributed by atoms with van der Waals surface area (Å²) in [4.78, 5) is 19.3. The Kier molecular flexibility index (Phi) is 29.1. The van der Waals surface area contributed by atoms with E-state index in [1.54, 1.807) is 0 Å². The predicted molar refractivity (Wildman–Crippen MR) is 185 cm³/mol. The fourth-order valence-corrected chi connectivity index (χ4v) is 6.29. The number of amidine groups is 1. The Bertz CT molecular complexity index is 606. The first-order chi connectivity index (χ1) is 20.8. The predicted octanol–water partition coefficient (Wildman–Crippen LogP) is 12.0. The van der Waals surface area contributed by atoms with E-state index in [9.17, 15) is 4.79 Å². The van der Waals surface area contributed by atoms with Gasteiger partial charge in [-0.15, -0.1) is 0 Å². The molecular weight excluding hydrogens is 516 g/mol. The molecule has 248 valence electrons. The molecule has 0 aromatic carbocycles. The molecule has 4 nitrogen and oxygen atoms in total. The van der Waals surface area contributed by atoms with Crippen LogP contribution < -0.4 is 0 Å². The summed E-state index contributed by atoms with van der Waals surface area (Å²) in [7, 11) is 0.